The van der Waals surface area contributed by atoms with Crippen molar-refractivity contribution in [3.8, 4) is 0 Å². The molecule has 3 aromatic rings. The topological polar surface area (TPSA) is 133 Å². The van der Waals surface area contributed by atoms with Crippen LogP contribution in [0.4, 0.5) is 0 Å². The van der Waals surface area contributed by atoms with Crippen molar-refractivity contribution < 1.29 is 24.0 Å². The summed E-state index contributed by atoms with van der Waals surface area (Å²) >= 11 is 12.4. The summed E-state index contributed by atoms with van der Waals surface area (Å²) in [6, 6.07) is 23.7. The first kappa shape index (κ1) is 35.4. The summed E-state index contributed by atoms with van der Waals surface area (Å²) in [6.07, 6.45) is 0.567. The minimum Gasteiger partial charge on any atom is -0.368 e. The molecule has 12 heteroatoms. The summed E-state index contributed by atoms with van der Waals surface area (Å²) in [5.41, 5.74) is 8.35. The molecule has 5 amide bonds. The van der Waals surface area contributed by atoms with E-state index in [2.05, 4.69) is 5.32 Å². The molecule has 0 spiro atoms. The molecule has 1 atom stereocenters. The number of hydrogen-bond donors (Lipinski definition) is 2. The monoisotopic (exact) mass is 679 g/mol. The molecule has 0 saturated carbocycles. The molecule has 3 aromatic carbocycles. The molecule has 0 aromatic heterocycles. The van der Waals surface area contributed by atoms with Crippen LogP contribution in [0.2, 0.25) is 10.0 Å². The molecule has 1 fully saturated rings. The molecule has 0 radical (unpaired) electrons. The van der Waals surface area contributed by atoms with Crippen LogP contribution in [0, 0.1) is 0 Å². The summed E-state index contributed by atoms with van der Waals surface area (Å²) in [7, 11) is 0. The van der Waals surface area contributed by atoms with E-state index in [9.17, 15) is 24.0 Å². The molecule has 0 bridgehead atoms. The van der Waals surface area contributed by atoms with Gasteiger partial charge >= 0.3 is 0 Å². The fourth-order valence-corrected chi connectivity index (χ4v) is 6.31. The Labute approximate surface area is 284 Å². The van der Waals surface area contributed by atoms with Crippen LogP contribution in [0.15, 0.2) is 78.9 Å². The molecular formula is C35H39Cl2N5O5. The Bertz CT molecular complexity index is 1530. The molecule has 4 rings (SSSR count). The molecule has 47 heavy (non-hydrogen) atoms. The van der Waals surface area contributed by atoms with Crippen molar-refractivity contribution in [3.05, 3.63) is 106 Å². The number of carbonyl (C=O) groups excluding carboxylic acids is 5. The van der Waals surface area contributed by atoms with Crippen LogP contribution in [-0.2, 0) is 30.4 Å². The van der Waals surface area contributed by atoms with Crippen LogP contribution < -0.4 is 11.1 Å². The highest BCUT2D eigenvalue weighted by Crippen LogP contribution is 2.29. The quantitative estimate of drug-likeness (QED) is 0.269. The van der Waals surface area contributed by atoms with Crippen LogP contribution in [0.25, 0.3) is 0 Å². The third-order valence-electron chi connectivity index (χ3n) is 8.17. The standard InChI is InChI=1S/C35H39Cl2N5O5/c1-24(43)39-16-19-41(22-32(38)44)35(47)31-21-33(45)40(17-14-27-12-13-28(36)20-30(27)37)23-34(46)42(31)18-15-29(25-8-4-2-5-9-25)26-10-6-3-7-11-26/h2-13,20,29,31H,14-19,21-23H2,1H3,(H2,38,44)(H,39,43). The van der Waals surface area contributed by atoms with Crippen LogP contribution in [0.1, 0.15) is 42.4 Å². The number of nitrogens with two attached hydrogens (primary N) is 1. The summed E-state index contributed by atoms with van der Waals surface area (Å²) in [4.78, 5) is 69.4. The van der Waals surface area contributed by atoms with Gasteiger partial charge in [0.05, 0.1) is 19.5 Å². The molecule has 1 saturated heterocycles. The predicted octanol–water partition coefficient (Wildman–Crippen LogP) is 3.64. The van der Waals surface area contributed by atoms with Gasteiger partial charge in [0.25, 0.3) is 0 Å². The van der Waals surface area contributed by atoms with Crippen LogP contribution in [0.5, 0.6) is 0 Å². The smallest absolute Gasteiger partial charge is 0.246 e. The van der Waals surface area contributed by atoms with E-state index >= 15 is 0 Å². The third kappa shape index (κ3) is 10.0. The second kappa shape index (κ2) is 16.9. The van der Waals surface area contributed by atoms with Crippen LogP contribution >= 0.6 is 23.2 Å². The number of nitrogens with zero attached hydrogens (tertiary/aromatic N) is 3. The minimum absolute atomic E-state index is 0.0243. The molecule has 248 valence electrons. The maximum Gasteiger partial charge on any atom is 0.246 e. The van der Waals surface area contributed by atoms with E-state index in [0.717, 1.165) is 16.7 Å². The number of nitrogens with one attached hydrogen (secondary N) is 1. The van der Waals surface area contributed by atoms with Crippen molar-refractivity contribution in [2.75, 3.05) is 39.3 Å². The Morgan fingerprint density at radius 2 is 1.57 bits per heavy atom. The van der Waals surface area contributed by atoms with Gasteiger partial charge in [0.2, 0.25) is 29.5 Å². The Morgan fingerprint density at radius 1 is 0.936 bits per heavy atom. The largest absolute Gasteiger partial charge is 0.368 e. The van der Waals surface area contributed by atoms with Gasteiger partial charge in [-0.1, -0.05) is 89.9 Å². The molecular weight excluding hydrogens is 641 g/mol. The van der Waals surface area contributed by atoms with Gasteiger partial charge in [-0.25, -0.2) is 0 Å². The van der Waals surface area contributed by atoms with Gasteiger partial charge in [0.1, 0.15) is 6.04 Å². The fourth-order valence-electron chi connectivity index (χ4n) is 5.80. The summed E-state index contributed by atoms with van der Waals surface area (Å²) in [6.45, 7) is 1.10. The van der Waals surface area contributed by atoms with Crippen molar-refractivity contribution in [2.24, 2.45) is 5.73 Å². The Kier molecular flexibility index (Phi) is 12.8. The lowest BCUT2D eigenvalue weighted by Crippen LogP contribution is -2.54. The minimum atomic E-state index is -1.18. The Hall–Kier alpha value is -4.41. The number of rotatable bonds is 14. The second-order valence-corrected chi connectivity index (χ2v) is 12.3. The van der Waals surface area contributed by atoms with Crippen LogP contribution in [-0.4, -0.2) is 89.5 Å². The molecule has 1 aliphatic heterocycles. The second-order valence-electron chi connectivity index (χ2n) is 11.5. The van der Waals surface area contributed by atoms with Crippen molar-refractivity contribution in [3.63, 3.8) is 0 Å². The number of halogens is 2. The van der Waals surface area contributed by atoms with E-state index in [1.165, 1.54) is 21.6 Å². The van der Waals surface area contributed by atoms with Gasteiger partial charge < -0.3 is 25.8 Å². The highest BCUT2D eigenvalue weighted by Gasteiger charge is 2.40. The molecule has 1 aliphatic rings. The van der Waals surface area contributed by atoms with Gasteiger partial charge in [-0.3, -0.25) is 24.0 Å². The highest BCUT2D eigenvalue weighted by molar-refractivity contribution is 6.35. The zero-order valence-electron chi connectivity index (χ0n) is 26.2. The van der Waals surface area contributed by atoms with E-state index in [1.54, 1.807) is 18.2 Å². The van der Waals surface area contributed by atoms with Gasteiger partial charge in [0.15, 0.2) is 0 Å². The molecule has 1 heterocycles. The van der Waals surface area contributed by atoms with Gasteiger partial charge in [-0.15, -0.1) is 0 Å². The van der Waals surface area contributed by atoms with E-state index in [0.29, 0.717) is 22.9 Å². The lowest BCUT2D eigenvalue weighted by Gasteiger charge is -2.33. The molecule has 1 unspecified atom stereocenters. The Balaban J connectivity index is 1.63. The first-order chi connectivity index (χ1) is 22.5. The van der Waals surface area contributed by atoms with Crippen molar-refractivity contribution >= 4 is 52.7 Å². The summed E-state index contributed by atoms with van der Waals surface area (Å²) in [5, 5.41) is 3.55. The number of carbonyl (C=O) groups is 5. The summed E-state index contributed by atoms with van der Waals surface area (Å²) in [5.74, 6) is -2.51. The molecule has 10 nitrogen and oxygen atoms in total. The van der Waals surface area contributed by atoms with Gasteiger partial charge in [-0.2, -0.15) is 0 Å². The summed E-state index contributed by atoms with van der Waals surface area (Å²) < 4.78 is 0. The lowest BCUT2D eigenvalue weighted by molar-refractivity contribution is -0.146. The zero-order chi connectivity index (χ0) is 33.9. The first-order valence-electron chi connectivity index (χ1n) is 15.5. The van der Waals surface area contributed by atoms with E-state index in [4.69, 9.17) is 28.9 Å². The van der Waals surface area contributed by atoms with Gasteiger partial charge in [0, 0.05) is 49.1 Å². The lowest BCUT2D eigenvalue weighted by atomic mass is 9.88. The normalized spacial score (nSPS) is 15.0. The first-order valence-corrected chi connectivity index (χ1v) is 16.2. The Morgan fingerprint density at radius 3 is 2.15 bits per heavy atom. The van der Waals surface area contributed by atoms with Crippen molar-refractivity contribution in [2.45, 2.75) is 38.1 Å². The van der Waals surface area contributed by atoms with Crippen molar-refractivity contribution in [1.29, 1.82) is 0 Å². The number of benzene rings is 3. The fraction of sp³-hybridized carbons (Fsp3) is 0.343. The number of amides is 5. The van der Waals surface area contributed by atoms with Crippen LogP contribution in [0.3, 0.4) is 0 Å². The SMILES string of the molecule is CC(=O)NCCN(CC(N)=O)C(=O)C1CC(=O)N(CCc2ccc(Cl)cc2Cl)CC(=O)N1CCC(c1ccccc1)c1ccccc1. The molecule has 0 aliphatic carbocycles. The maximum absolute atomic E-state index is 14.1. The molecule has 3 N–H and O–H groups in total. The van der Waals surface area contributed by atoms with E-state index in [1.807, 2.05) is 60.7 Å². The highest BCUT2D eigenvalue weighted by atomic mass is 35.5. The average molecular weight is 681 g/mol. The van der Waals surface area contributed by atoms with Crippen molar-refractivity contribution in [1.82, 2.24) is 20.0 Å². The van der Waals surface area contributed by atoms with Gasteiger partial charge in [-0.05, 0) is 41.7 Å². The van der Waals surface area contributed by atoms with E-state index in [-0.39, 0.29) is 56.9 Å². The predicted molar refractivity (Wildman–Crippen MR) is 181 cm³/mol. The average Bonchev–Trinajstić information content (AvgIpc) is 3.15. The van der Waals surface area contributed by atoms with E-state index < -0.39 is 30.3 Å². The number of primary amides is 1. The number of hydrogen-bond acceptors (Lipinski definition) is 5. The maximum atomic E-state index is 14.1. The zero-order valence-corrected chi connectivity index (χ0v) is 27.8. The third-order valence-corrected chi connectivity index (χ3v) is 8.76.